The number of anilines is 1. The van der Waals surface area contributed by atoms with Crippen molar-refractivity contribution in [2.75, 3.05) is 24.5 Å². The molecule has 0 bridgehead atoms. The molecule has 3 aliphatic heterocycles. The van der Waals surface area contributed by atoms with Crippen molar-refractivity contribution in [1.29, 1.82) is 0 Å². The van der Waals surface area contributed by atoms with Crippen LogP contribution in [0.3, 0.4) is 0 Å². The quantitative estimate of drug-likeness (QED) is 0.793. The number of nitrogens with zero attached hydrogens (tertiary/aromatic N) is 4. The van der Waals surface area contributed by atoms with E-state index in [0.29, 0.717) is 38.3 Å². The molecule has 0 unspecified atom stereocenters. The van der Waals surface area contributed by atoms with E-state index in [1.165, 1.54) is 17.3 Å². The van der Waals surface area contributed by atoms with Gasteiger partial charge >= 0.3 is 6.18 Å². The molecular formula is C22H24F3N5O. The maximum Gasteiger partial charge on any atom is 0.433 e. The lowest BCUT2D eigenvalue weighted by Crippen LogP contribution is -2.34. The van der Waals surface area contributed by atoms with Gasteiger partial charge in [0.1, 0.15) is 5.69 Å². The van der Waals surface area contributed by atoms with Crippen molar-refractivity contribution < 1.29 is 18.0 Å². The molecule has 5 heterocycles. The molecule has 5 rings (SSSR count). The van der Waals surface area contributed by atoms with E-state index in [1.807, 2.05) is 9.80 Å². The summed E-state index contributed by atoms with van der Waals surface area (Å²) in [5.74, 6) is -0.172. The van der Waals surface area contributed by atoms with Crippen molar-refractivity contribution in [2.24, 2.45) is 5.92 Å². The minimum Gasteiger partial charge on any atom is -0.371 e. The van der Waals surface area contributed by atoms with E-state index < -0.39 is 11.9 Å². The van der Waals surface area contributed by atoms with Crippen LogP contribution in [0.1, 0.15) is 40.2 Å². The van der Waals surface area contributed by atoms with E-state index in [1.54, 1.807) is 6.07 Å². The molecule has 0 spiro atoms. The number of aromatic nitrogens is 2. The third kappa shape index (κ3) is 3.64. The Kier molecular flexibility index (Phi) is 4.88. The summed E-state index contributed by atoms with van der Waals surface area (Å²) in [7, 11) is 0. The molecule has 1 N–H and O–H groups in total. The summed E-state index contributed by atoms with van der Waals surface area (Å²) in [4.78, 5) is 25.2. The first-order chi connectivity index (χ1) is 14.8. The van der Waals surface area contributed by atoms with E-state index in [0.717, 1.165) is 42.5 Å². The van der Waals surface area contributed by atoms with Crippen LogP contribution in [0.15, 0.2) is 18.3 Å². The number of pyridine rings is 2. The van der Waals surface area contributed by atoms with Gasteiger partial charge in [0.05, 0.1) is 18.2 Å². The summed E-state index contributed by atoms with van der Waals surface area (Å²) in [6.45, 7) is 5.89. The predicted molar refractivity (Wildman–Crippen MR) is 108 cm³/mol. The average Bonchev–Trinajstić information content (AvgIpc) is 3.41. The van der Waals surface area contributed by atoms with Gasteiger partial charge in [-0.3, -0.25) is 14.8 Å². The molecule has 1 saturated heterocycles. The fourth-order valence-corrected chi connectivity index (χ4v) is 4.92. The van der Waals surface area contributed by atoms with Crippen molar-refractivity contribution in [3.8, 4) is 0 Å². The first kappa shape index (κ1) is 20.2. The highest BCUT2D eigenvalue weighted by Gasteiger charge is 2.37. The highest BCUT2D eigenvalue weighted by molar-refractivity contribution is 5.81. The van der Waals surface area contributed by atoms with E-state index in [-0.39, 0.29) is 11.8 Å². The molecule has 0 radical (unpaired) electrons. The van der Waals surface area contributed by atoms with Crippen LogP contribution >= 0.6 is 0 Å². The molecular weight excluding hydrogens is 407 g/mol. The number of hydrogen-bond acceptors (Lipinski definition) is 5. The first-order valence-corrected chi connectivity index (χ1v) is 10.6. The fraction of sp³-hybridized carbons (Fsp3) is 0.500. The molecule has 164 valence electrons. The number of carbonyl (C=O) groups is 1. The Morgan fingerprint density at radius 3 is 2.87 bits per heavy atom. The van der Waals surface area contributed by atoms with E-state index in [2.05, 4.69) is 17.2 Å². The lowest BCUT2D eigenvalue weighted by molar-refractivity contribution is -0.141. The average molecular weight is 431 g/mol. The third-order valence-electron chi connectivity index (χ3n) is 6.65. The second kappa shape index (κ2) is 7.47. The minimum absolute atomic E-state index is 0.0566. The molecule has 0 saturated carbocycles. The SMILES string of the molecule is Cc1c2c(nc3c1CN(C(=O)[C@@H]1CCN(c4ccnc(C(F)(F)F)c4)C1)C3)CCNC2. The molecule has 1 amide bonds. The molecule has 2 aromatic rings. The van der Waals surface area contributed by atoms with E-state index in [4.69, 9.17) is 4.98 Å². The van der Waals surface area contributed by atoms with Crippen LogP contribution in [0.2, 0.25) is 0 Å². The summed E-state index contributed by atoms with van der Waals surface area (Å²) in [5, 5.41) is 3.38. The number of carbonyl (C=O) groups excluding carboxylic acids is 1. The Balaban J connectivity index is 1.29. The Morgan fingerprint density at radius 2 is 2.06 bits per heavy atom. The normalized spacial score (nSPS) is 20.7. The molecule has 31 heavy (non-hydrogen) atoms. The molecule has 9 heteroatoms. The van der Waals surface area contributed by atoms with Crippen LogP contribution in [0.5, 0.6) is 0 Å². The summed E-state index contributed by atoms with van der Waals surface area (Å²) in [5.41, 5.74) is 5.31. The minimum atomic E-state index is -4.48. The Labute approximate surface area is 178 Å². The van der Waals surface area contributed by atoms with Crippen molar-refractivity contribution in [2.45, 2.75) is 45.6 Å². The van der Waals surface area contributed by atoms with Gasteiger partial charge in [0.15, 0.2) is 0 Å². The number of rotatable bonds is 2. The maximum atomic E-state index is 13.2. The number of halogens is 3. The zero-order valence-electron chi connectivity index (χ0n) is 17.3. The predicted octanol–water partition coefficient (Wildman–Crippen LogP) is 2.82. The van der Waals surface area contributed by atoms with E-state index in [9.17, 15) is 18.0 Å². The molecule has 6 nitrogen and oxygen atoms in total. The second-order valence-electron chi connectivity index (χ2n) is 8.54. The highest BCUT2D eigenvalue weighted by Crippen LogP contribution is 2.34. The van der Waals surface area contributed by atoms with Gasteiger partial charge in [0, 0.05) is 56.7 Å². The standard InChI is InChI=1S/C22H24F3N5O/c1-13-16-9-26-5-3-18(16)28-19-12-30(11-17(13)19)21(31)14-4-7-29(10-14)15-2-6-27-20(8-15)22(23,24)25/h2,6,8,14,26H,3-5,7,9-12H2,1H3/t14-/m1/s1. The molecule has 3 aliphatic rings. The van der Waals surface area contributed by atoms with Crippen molar-refractivity contribution in [3.63, 3.8) is 0 Å². The summed E-state index contributed by atoms with van der Waals surface area (Å²) in [6.07, 6.45) is -1.77. The lowest BCUT2D eigenvalue weighted by Gasteiger charge is -2.22. The van der Waals surface area contributed by atoms with Gasteiger partial charge in [-0.2, -0.15) is 13.2 Å². The summed E-state index contributed by atoms with van der Waals surface area (Å²) >= 11 is 0. The Hall–Kier alpha value is -2.68. The van der Waals surface area contributed by atoms with E-state index >= 15 is 0 Å². The van der Waals surface area contributed by atoms with Crippen LogP contribution in [0.4, 0.5) is 18.9 Å². The highest BCUT2D eigenvalue weighted by atomic mass is 19.4. The molecule has 2 aromatic heterocycles. The number of hydrogen-bond donors (Lipinski definition) is 1. The van der Waals surface area contributed by atoms with Gasteiger partial charge in [-0.25, -0.2) is 0 Å². The molecule has 1 fully saturated rings. The van der Waals surface area contributed by atoms with Crippen LogP contribution in [-0.4, -0.2) is 40.4 Å². The summed E-state index contributed by atoms with van der Waals surface area (Å²) < 4.78 is 39.0. The second-order valence-corrected chi connectivity index (χ2v) is 8.54. The topological polar surface area (TPSA) is 61.4 Å². The summed E-state index contributed by atoms with van der Waals surface area (Å²) in [6, 6.07) is 2.63. The Bertz CT molecular complexity index is 1040. The van der Waals surface area contributed by atoms with Gasteiger partial charge in [-0.05, 0) is 42.2 Å². The number of amides is 1. The van der Waals surface area contributed by atoms with Gasteiger partial charge in [0.2, 0.25) is 5.91 Å². The number of nitrogens with one attached hydrogen (secondary N) is 1. The van der Waals surface area contributed by atoms with Gasteiger partial charge in [-0.1, -0.05) is 0 Å². The van der Waals surface area contributed by atoms with Crippen LogP contribution < -0.4 is 10.2 Å². The monoisotopic (exact) mass is 431 g/mol. The zero-order valence-corrected chi connectivity index (χ0v) is 17.3. The largest absolute Gasteiger partial charge is 0.433 e. The van der Waals surface area contributed by atoms with Crippen LogP contribution in [-0.2, 0) is 37.0 Å². The molecule has 0 aromatic carbocycles. The van der Waals surface area contributed by atoms with Gasteiger partial charge < -0.3 is 15.1 Å². The van der Waals surface area contributed by atoms with Gasteiger partial charge in [0.25, 0.3) is 0 Å². The van der Waals surface area contributed by atoms with Crippen molar-refractivity contribution in [1.82, 2.24) is 20.2 Å². The number of alkyl halides is 3. The molecule has 1 atom stereocenters. The van der Waals surface area contributed by atoms with Crippen molar-refractivity contribution in [3.05, 3.63) is 52.1 Å². The first-order valence-electron chi connectivity index (χ1n) is 10.6. The smallest absolute Gasteiger partial charge is 0.371 e. The third-order valence-corrected chi connectivity index (χ3v) is 6.65. The maximum absolute atomic E-state index is 13.2. The lowest BCUT2D eigenvalue weighted by atomic mass is 9.97. The Morgan fingerprint density at radius 1 is 1.23 bits per heavy atom. The molecule has 0 aliphatic carbocycles. The fourth-order valence-electron chi connectivity index (χ4n) is 4.92. The van der Waals surface area contributed by atoms with Gasteiger partial charge in [-0.15, -0.1) is 0 Å². The van der Waals surface area contributed by atoms with Crippen LogP contribution in [0.25, 0.3) is 0 Å². The zero-order chi connectivity index (χ0) is 21.8. The number of fused-ring (bicyclic) bond motifs is 2. The van der Waals surface area contributed by atoms with Crippen molar-refractivity contribution >= 4 is 11.6 Å². The van der Waals surface area contributed by atoms with Crippen LogP contribution in [0, 0.1) is 12.8 Å².